The molecule has 32 heavy (non-hydrogen) atoms. The van der Waals surface area contributed by atoms with E-state index in [4.69, 9.17) is 15.6 Å². The normalized spacial score (nSPS) is 17.9. The van der Waals surface area contributed by atoms with Crippen molar-refractivity contribution in [3.63, 3.8) is 0 Å². The van der Waals surface area contributed by atoms with Gasteiger partial charge < -0.3 is 20.6 Å². The van der Waals surface area contributed by atoms with Gasteiger partial charge in [-0.1, -0.05) is 30.3 Å². The number of nitrogens with zero attached hydrogens (tertiary/aromatic N) is 4. The van der Waals surface area contributed by atoms with Crippen LogP contribution >= 0.6 is 0 Å². The van der Waals surface area contributed by atoms with Crippen LogP contribution in [0.5, 0.6) is 0 Å². The van der Waals surface area contributed by atoms with E-state index >= 15 is 0 Å². The standard InChI is InChI=1S/C23H31N5O.CH2O2/c24-23(29)21-16-25-17-22(26-21)28-14-9-20(10-15-28)19-7-12-27(13-8-19)11-6-18-4-2-1-3-5-18;2-1-3/h1-5,16-17,19-20H,6-15H2,(H2,24,29);1H,(H,2,3). The Bertz CT molecular complexity index is 848. The van der Waals surface area contributed by atoms with Crippen LogP contribution in [0.3, 0.4) is 0 Å². The van der Waals surface area contributed by atoms with Crippen molar-refractivity contribution in [2.75, 3.05) is 37.6 Å². The Labute approximate surface area is 189 Å². The van der Waals surface area contributed by atoms with E-state index in [1.807, 2.05) is 0 Å². The lowest BCUT2D eigenvalue weighted by Gasteiger charge is -2.40. The van der Waals surface area contributed by atoms with Crippen LogP contribution < -0.4 is 10.6 Å². The predicted octanol–water partition coefficient (Wildman–Crippen LogP) is 2.45. The van der Waals surface area contributed by atoms with E-state index < -0.39 is 5.91 Å². The molecule has 0 atom stereocenters. The summed E-state index contributed by atoms with van der Waals surface area (Å²) < 4.78 is 0. The van der Waals surface area contributed by atoms with E-state index in [0.717, 1.165) is 37.2 Å². The van der Waals surface area contributed by atoms with E-state index in [-0.39, 0.29) is 12.2 Å². The predicted molar refractivity (Wildman–Crippen MR) is 123 cm³/mol. The van der Waals surface area contributed by atoms with Crippen LogP contribution in [0.25, 0.3) is 0 Å². The van der Waals surface area contributed by atoms with Crippen LogP contribution in [0.1, 0.15) is 41.7 Å². The third-order valence-electron chi connectivity index (χ3n) is 6.60. The number of benzene rings is 1. The van der Waals surface area contributed by atoms with Crippen molar-refractivity contribution < 1.29 is 14.7 Å². The summed E-state index contributed by atoms with van der Waals surface area (Å²) in [6, 6.07) is 10.8. The maximum absolute atomic E-state index is 11.3. The Kier molecular flexibility index (Phi) is 8.98. The number of rotatable bonds is 6. The van der Waals surface area contributed by atoms with Gasteiger partial charge in [0.2, 0.25) is 0 Å². The molecule has 8 heteroatoms. The first-order valence-electron chi connectivity index (χ1n) is 11.3. The van der Waals surface area contributed by atoms with Gasteiger partial charge in [0.25, 0.3) is 12.4 Å². The Balaban J connectivity index is 0.000000913. The van der Waals surface area contributed by atoms with Crippen molar-refractivity contribution in [1.82, 2.24) is 14.9 Å². The Hall–Kier alpha value is -3.00. The third-order valence-corrected chi connectivity index (χ3v) is 6.60. The zero-order valence-corrected chi connectivity index (χ0v) is 18.5. The minimum Gasteiger partial charge on any atom is -0.483 e. The fourth-order valence-electron chi connectivity index (χ4n) is 4.81. The summed E-state index contributed by atoms with van der Waals surface area (Å²) in [5, 5.41) is 6.89. The first-order valence-corrected chi connectivity index (χ1v) is 11.3. The molecule has 1 aromatic carbocycles. The summed E-state index contributed by atoms with van der Waals surface area (Å²) in [4.78, 5) is 33.1. The second-order valence-electron chi connectivity index (χ2n) is 8.47. The monoisotopic (exact) mass is 439 g/mol. The highest BCUT2D eigenvalue weighted by Crippen LogP contribution is 2.33. The SMILES string of the molecule is NC(=O)c1cncc(N2CCC(C3CCN(CCc4ccccc4)CC3)CC2)n1.O=CO. The number of likely N-dealkylation sites (tertiary alicyclic amines) is 1. The molecule has 0 aliphatic carbocycles. The number of aromatic nitrogens is 2. The molecule has 3 heterocycles. The number of anilines is 1. The van der Waals surface area contributed by atoms with Crippen LogP contribution in [0.15, 0.2) is 42.7 Å². The number of carboxylic acid groups (broad SMARTS) is 1. The van der Waals surface area contributed by atoms with Crippen molar-refractivity contribution >= 4 is 18.2 Å². The molecule has 2 aliphatic rings. The van der Waals surface area contributed by atoms with Gasteiger partial charge in [0.1, 0.15) is 11.5 Å². The lowest BCUT2D eigenvalue weighted by molar-refractivity contribution is -0.122. The fourth-order valence-corrected chi connectivity index (χ4v) is 4.81. The van der Waals surface area contributed by atoms with Gasteiger partial charge in [-0.25, -0.2) is 4.98 Å². The molecular formula is C24H33N5O3. The number of carbonyl (C=O) groups is 2. The van der Waals surface area contributed by atoms with Gasteiger partial charge in [-0.05, 0) is 62.6 Å². The van der Waals surface area contributed by atoms with E-state index in [9.17, 15) is 4.79 Å². The Morgan fingerprint density at radius 3 is 2.22 bits per heavy atom. The van der Waals surface area contributed by atoms with Gasteiger partial charge >= 0.3 is 0 Å². The molecule has 4 rings (SSSR count). The molecule has 172 valence electrons. The molecule has 0 bridgehead atoms. The van der Waals surface area contributed by atoms with Gasteiger partial charge in [-0.3, -0.25) is 14.6 Å². The molecule has 2 aliphatic heterocycles. The van der Waals surface area contributed by atoms with Crippen molar-refractivity contribution in [2.24, 2.45) is 17.6 Å². The number of piperidine rings is 2. The average Bonchev–Trinajstić information content (AvgIpc) is 2.84. The number of amides is 1. The molecule has 0 spiro atoms. The first kappa shape index (κ1) is 23.7. The maximum Gasteiger partial charge on any atom is 0.290 e. The highest BCUT2D eigenvalue weighted by Gasteiger charge is 2.30. The highest BCUT2D eigenvalue weighted by atomic mass is 16.3. The third kappa shape index (κ3) is 6.75. The number of carbonyl (C=O) groups excluding carboxylic acids is 1. The minimum absolute atomic E-state index is 0.243. The largest absolute Gasteiger partial charge is 0.483 e. The van der Waals surface area contributed by atoms with E-state index in [0.29, 0.717) is 0 Å². The zero-order chi connectivity index (χ0) is 22.8. The molecule has 1 aromatic heterocycles. The number of hydrogen-bond acceptors (Lipinski definition) is 6. The number of nitrogens with two attached hydrogens (primary N) is 1. The Morgan fingerprint density at radius 1 is 1.03 bits per heavy atom. The summed E-state index contributed by atoms with van der Waals surface area (Å²) in [6.07, 6.45) is 9.33. The zero-order valence-electron chi connectivity index (χ0n) is 18.5. The minimum atomic E-state index is -0.520. The topological polar surface area (TPSA) is 113 Å². The van der Waals surface area contributed by atoms with Gasteiger partial charge in [0.15, 0.2) is 0 Å². The fraction of sp³-hybridized carbons (Fsp3) is 0.500. The van der Waals surface area contributed by atoms with Gasteiger partial charge in [0, 0.05) is 19.6 Å². The van der Waals surface area contributed by atoms with Gasteiger partial charge in [-0.15, -0.1) is 0 Å². The van der Waals surface area contributed by atoms with Crippen molar-refractivity contribution in [1.29, 1.82) is 0 Å². The molecular weight excluding hydrogens is 406 g/mol. The van der Waals surface area contributed by atoms with E-state index in [1.54, 1.807) is 6.20 Å². The molecule has 0 radical (unpaired) electrons. The van der Waals surface area contributed by atoms with Crippen molar-refractivity contribution in [3.8, 4) is 0 Å². The second-order valence-corrected chi connectivity index (χ2v) is 8.47. The summed E-state index contributed by atoms with van der Waals surface area (Å²) in [6.45, 7) is 5.34. The number of primary amides is 1. The molecule has 0 unspecified atom stereocenters. The second kappa shape index (κ2) is 12.1. The van der Waals surface area contributed by atoms with Crippen LogP contribution in [0.4, 0.5) is 5.82 Å². The molecule has 2 saturated heterocycles. The van der Waals surface area contributed by atoms with Crippen LogP contribution in [0, 0.1) is 11.8 Å². The Morgan fingerprint density at radius 2 is 1.62 bits per heavy atom. The molecule has 1 amide bonds. The molecule has 2 fully saturated rings. The molecule has 8 nitrogen and oxygen atoms in total. The van der Waals surface area contributed by atoms with E-state index in [2.05, 4.69) is 50.1 Å². The van der Waals surface area contributed by atoms with Crippen LogP contribution in [-0.4, -0.2) is 65.1 Å². The van der Waals surface area contributed by atoms with Crippen LogP contribution in [0.2, 0.25) is 0 Å². The molecule has 0 saturated carbocycles. The molecule has 2 aromatic rings. The summed E-state index contributed by atoms with van der Waals surface area (Å²) >= 11 is 0. The van der Waals surface area contributed by atoms with Crippen molar-refractivity contribution in [2.45, 2.75) is 32.1 Å². The summed E-state index contributed by atoms with van der Waals surface area (Å²) in [5.74, 6) is 1.90. The van der Waals surface area contributed by atoms with Crippen molar-refractivity contribution in [3.05, 3.63) is 54.0 Å². The first-order chi connectivity index (χ1) is 15.6. The lowest BCUT2D eigenvalue weighted by Crippen LogP contribution is -2.41. The van der Waals surface area contributed by atoms with E-state index in [1.165, 1.54) is 57.1 Å². The summed E-state index contributed by atoms with van der Waals surface area (Å²) in [7, 11) is 0. The smallest absolute Gasteiger partial charge is 0.290 e. The van der Waals surface area contributed by atoms with Gasteiger partial charge in [0.05, 0.1) is 12.4 Å². The lowest BCUT2D eigenvalue weighted by atomic mass is 9.79. The highest BCUT2D eigenvalue weighted by molar-refractivity contribution is 5.90. The summed E-state index contributed by atoms with van der Waals surface area (Å²) in [5.41, 5.74) is 7.01. The quantitative estimate of drug-likeness (QED) is 0.665. The molecule has 3 N–H and O–H groups in total. The van der Waals surface area contributed by atoms with Crippen LogP contribution in [-0.2, 0) is 11.2 Å². The average molecular weight is 440 g/mol. The number of hydrogen-bond donors (Lipinski definition) is 2. The maximum atomic E-state index is 11.3. The van der Waals surface area contributed by atoms with Gasteiger partial charge in [-0.2, -0.15) is 0 Å².